The van der Waals surface area contributed by atoms with Crippen LogP contribution in [0.2, 0.25) is 0 Å². The predicted molar refractivity (Wildman–Crippen MR) is 128 cm³/mol. The number of benzene rings is 3. The van der Waals surface area contributed by atoms with Gasteiger partial charge in [-0.3, -0.25) is 4.79 Å². The molecular weight excluding hydrogens is 378 g/mol. The Morgan fingerprint density at radius 3 is 1.77 bits per heavy atom. The molecule has 0 atom stereocenters. The zero-order valence-corrected chi connectivity index (χ0v) is 18.5. The Morgan fingerprint density at radius 2 is 1.26 bits per heavy atom. The highest BCUT2D eigenvalue weighted by molar-refractivity contribution is 5.94. The molecule has 31 heavy (non-hydrogen) atoms. The van der Waals surface area contributed by atoms with Crippen molar-refractivity contribution in [2.75, 3.05) is 13.1 Å². The van der Waals surface area contributed by atoms with Gasteiger partial charge in [-0.25, -0.2) is 0 Å². The third-order valence-corrected chi connectivity index (χ3v) is 6.73. The van der Waals surface area contributed by atoms with Crippen molar-refractivity contribution in [2.45, 2.75) is 38.5 Å². The Hall–Kier alpha value is -2.87. The first kappa shape index (κ1) is 21.4. The van der Waals surface area contributed by atoms with E-state index >= 15 is 0 Å². The van der Waals surface area contributed by atoms with E-state index in [1.165, 1.54) is 36.8 Å². The smallest absolute Gasteiger partial charge is 0.253 e. The third kappa shape index (κ3) is 5.64. The van der Waals surface area contributed by atoms with Crippen LogP contribution in [0.3, 0.4) is 0 Å². The van der Waals surface area contributed by atoms with Crippen LogP contribution in [-0.2, 0) is 0 Å². The molecule has 0 aliphatic heterocycles. The van der Waals surface area contributed by atoms with E-state index < -0.39 is 0 Å². The Bertz CT molecular complexity index is 891. The first-order chi connectivity index (χ1) is 15.2. The van der Waals surface area contributed by atoms with E-state index in [0.29, 0.717) is 12.5 Å². The Morgan fingerprint density at radius 1 is 0.774 bits per heavy atom. The van der Waals surface area contributed by atoms with Crippen LogP contribution in [0.1, 0.15) is 60.0 Å². The zero-order chi connectivity index (χ0) is 21.5. The lowest BCUT2D eigenvalue weighted by Gasteiger charge is -2.34. The monoisotopic (exact) mass is 411 g/mol. The summed E-state index contributed by atoms with van der Waals surface area (Å²) in [4.78, 5) is 15.7. The average Bonchev–Trinajstić information content (AvgIpc) is 2.84. The van der Waals surface area contributed by atoms with Gasteiger partial charge in [0, 0.05) is 24.6 Å². The number of hydrogen-bond acceptors (Lipinski definition) is 1. The molecule has 0 heterocycles. The van der Waals surface area contributed by atoms with Crippen molar-refractivity contribution >= 4 is 5.91 Å². The van der Waals surface area contributed by atoms with Crippen molar-refractivity contribution < 1.29 is 4.79 Å². The highest BCUT2D eigenvalue weighted by Gasteiger charge is 2.27. The highest BCUT2D eigenvalue weighted by atomic mass is 16.2. The first-order valence-corrected chi connectivity index (χ1v) is 11.6. The van der Waals surface area contributed by atoms with Crippen LogP contribution in [0.15, 0.2) is 91.0 Å². The van der Waals surface area contributed by atoms with Crippen LogP contribution in [0.4, 0.5) is 0 Å². The number of carbonyl (C=O) groups excluding carboxylic acids is 1. The first-order valence-electron chi connectivity index (χ1n) is 11.6. The second kappa shape index (κ2) is 10.4. The van der Waals surface area contributed by atoms with E-state index in [9.17, 15) is 4.79 Å². The summed E-state index contributed by atoms with van der Waals surface area (Å²) in [6.07, 6.45) is 5.00. The summed E-state index contributed by atoms with van der Waals surface area (Å²) in [5, 5.41) is 0. The minimum absolute atomic E-state index is 0.149. The molecule has 1 amide bonds. The van der Waals surface area contributed by atoms with E-state index in [0.717, 1.165) is 18.0 Å². The van der Waals surface area contributed by atoms with Gasteiger partial charge in [-0.15, -0.1) is 0 Å². The van der Waals surface area contributed by atoms with Gasteiger partial charge in [-0.05, 0) is 47.9 Å². The number of amides is 1. The molecule has 0 saturated heterocycles. The van der Waals surface area contributed by atoms with Crippen molar-refractivity contribution in [3.05, 3.63) is 108 Å². The predicted octanol–water partition coefficient (Wildman–Crippen LogP) is 6.79. The number of carbonyl (C=O) groups is 1. The summed E-state index contributed by atoms with van der Waals surface area (Å²) in [6, 6.07) is 31.0. The second-order valence-corrected chi connectivity index (χ2v) is 9.08. The largest absolute Gasteiger partial charge is 0.337 e. The fraction of sp³-hybridized carbons (Fsp3) is 0.345. The minimum Gasteiger partial charge on any atom is -0.337 e. The topological polar surface area (TPSA) is 20.3 Å². The van der Waals surface area contributed by atoms with Gasteiger partial charge in [0.25, 0.3) is 5.91 Å². The molecule has 0 spiro atoms. The maximum atomic E-state index is 13.6. The molecule has 0 aromatic heterocycles. The Kier molecular flexibility index (Phi) is 7.19. The molecule has 2 heteroatoms. The molecule has 1 aliphatic rings. The van der Waals surface area contributed by atoms with Gasteiger partial charge in [0.1, 0.15) is 0 Å². The number of rotatable bonds is 7. The van der Waals surface area contributed by atoms with Crippen molar-refractivity contribution in [3.63, 3.8) is 0 Å². The molecule has 0 N–H and O–H groups in total. The average molecular weight is 412 g/mol. The maximum Gasteiger partial charge on any atom is 0.253 e. The van der Waals surface area contributed by atoms with E-state index in [2.05, 4.69) is 72.5 Å². The zero-order valence-electron chi connectivity index (χ0n) is 18.5. The van der Waals surface area contributed by atoms with Gasteiger partial charge in [-0.1, -0.05) is 98.6 Å². The Balaban J connectivity index is 1.63. The van der Waals surface area contributed by atoms with Gasteiger partial charge < -0.3 is 4.90 Å². The van der Waals surface area contributed by atoms with Crippen molar-refractivity contribution in [3.8, 4) is 0 Å². The summed E-state index contributed by atoms with van der Waals surface area (Å²) in [5.74, 6) is 1.72. The lowest BCUT2D eigenvalue weighted by molar-refractivity contribution is 0.0701. The van der Waals surface area contributed by atoms with E-state index in [-0.39, 0.29) is 11.8 Å². The molecule has 3 aromatic carbocycles. The van der Waals surface area contributed by atoms with Crippen molar-refractivity contribution in [1.29, 1.82) is 0 Å². The molecule has 0 bridgehead atoms. The van der Waals surface area contributed by atoms with Crippen LogP contribution in [-0.4, -0.2) is 23.9 Å². The molecule has 0 unspecified atom stereocenters. The highest BCUT2D eigenvalue weighted by Crippen LogP contribution is 2.31. The van der Waals surface area contributed by atoms with Crippen LogP contribution in [0, 0.1) is 11.8 Å². The molecular formula is C29H33NO. The molecule has 3 aromatic rings. The normalized spacial score (nSPS) is 18.6. The summed E-state index contributed by atoms with van der Waals surface area (Å²) < 4.78 is 0. The molecule has 1 aliphatic carbocycles. The molecule has 0 radical (unpaired) electrons. The maximum absolute atomic E-state index is 13.6. The van der Waals surface area contributed by atoms with Crippen molar-refractivity contribution in [2.24, 2.45) is 11.8 Å². The second-order valence-electron chi connectivity index (χ2n) is 9.08. The van der Waals surface area contributed by atoms with Gasteiger partial charge in [-0.2, -0.15) is 0 Å². The van der Waals surface area contributed by atoms with Gasteiger partial charge in [0.2, 0.25) is 0 Å². The van der Waals surface area contributed by atoms with Crippen LogP contribution in [0.25, 0.3) is 0 Å². The van der Waals surface area contributed by atoms with E-state index in [1.54, 1.807) is 0 Å². The SMILES string of the molecule is CC1CCC(CN(CC(c2ccccc2)c2ccccc2)C(=O)c2ccccc2)CC1. The minimum atomic E-state index is 0.149. The Labute approximate surface area is 186 Å². The van der Waals surface area contributed by atoms with Crippen LogP contribution in [0.5, 0.6) is 0 Å². The summed E-state index contributed by atoms with van der Waals surface area (Å²) >= 11 is 0. The summed E-state index contributed by atoms with van der Waals surface area (Å²) in [5.41, 5.74) is 3.31. The van der Waals surface area contributed by atoms with Crippen LogP contribution >= 0.6 is 0 Å². The van der Waals surface area contributed by atoms with E-state index in [1.807, 2.05) is 30.3 Å². The summed E-state index contributed by atoms with van der Waals surface area (Å²) in [7, 11) is 0. The fourth-order valence-electron chi connectivity index (χ4n) is 4.82. The lowest BCUT2D eigenvalue weighted by atomic mass is 9.82. The third-order valence-electron chi connectivity index (χ3n) is 6.73. The molecule has 1 fully saturated rings. The lowest BCUT2D eigenvalue weighted by Crippen LogP contribution is -2.39. The number of hydrogen-bond donors (Lipinski definition) is 0. The number of nitrogens with zero attached hydrogens (tertiary/aromatic N) is 1. The molecule has 2 nitrogen and oxygen atoms in total. The van der Waals surface area contributed by atoms with E-state index in [4.69, 9.17) is 0 Å². The van der Waals surface area contributed by atoms with Gasteiger partial charge in [0.15, 0.2) is 0 Å². The fourth-order valence-corrected chi connectivity index (χ4v) is 4.82. The van der Waals surface area contributed by atoms with Crippen molar-refractivity contribution in [1.82, 2.24) is 4.90 Å². The quantitative estimate of drug-likeness (QED) is 0.419. The molecule has 4 rings (SSSR count). The van der Waals surface area contributed by atoms with Crippen LogP contribution < -0.4 is 0 Å². The van der Waals surface area contributed by atoms with Gasteiger partial charge in [0.05, 0.1) is 0 Å². The van der Waals surface area contributed by atoms with Gasteiger partial charge >= 0.3 is 0 Å². The standard InChI is InChI=1S/C29H33NO/c1-23-17-19-24(20-18-23)21-30(29(31)27-15-9-4-10-16-27)22-28(25-11-5-2-6-12-25)26-13-7-3-8-14-26/h2-16,23-24,28H,17-22H2,1H3. The summed E-state index contributed by atoms with van der Waals surface area (Å²) in [6.45, 7) is 3.90. The molecule has 160 valence electrons. The molecule has 1 saturated carbocycles.